The fraction of sp³-hybridized carbons (Fsp3) is 0.455. The first-order valence-corrected chi connectivity index (χ1v) is 11.4. The first kappa shape index (κ1) is 21.5. The number of nitrogens with one attached hydrogen (secondary N) is 1. The van der Waals surface area contributed by atoms with E-state index in [1.54, 1.807) is 0 Å². The first-order chi connectivity index (χ1) is 14.9. The normalized spacial score (nSPS) is 15.6. The molecule has 164 valence electrons. The molecule has 1 fully saturated rings. The average Bonchev–Trinajstić information content (AvgIpc) is 3.32. The van der Waals surface area contributed by atoms with E-state index in [0.717, 1.165) is 37.6 Å². The lowest BCUT2D eigenvalue weighted by Crippen LogP contribution is -2.38. The van der Waals surface area contributed by atoms with Gasteiger partial charge in [-0.1, -0.05) is 41.7 Å². The van der Waals surface area contributed by atoms with Gasteiger partial charge in [0.25, 0.3) is 0 Å². The van der Waals surface area contributed by atoms with Crippen LogP contribution in [0.15, 0.2) is 42.7 Å². The Morgan fingerprint density at radius 1 is 1.13 bits per heavy atom. The summed E-state index contributed by atoms with van der Waals surface area (Å²) in [5.41, 5.74) is 2.10. The maximum Gasteiger partial charge on any atom is 0.323 e. The predicted molar refractivity (Wildman–Crippen MR) is 122 cm³/mol. The van der Waals surface area contributed by atoms with Crippen LogP contribution in [0.3, 0.4) is 0 Å². The summed E-state index contributed by atoms with van der Waals surface area (Å²) in [7, 11) is 1.93. The van der Waals surface area contributed by atoms with Gasteiger partial charge in [-0.3, -0.25) is 14.9 Å². The van der Waals surface area contributed by atoms with Gasteiger partial charge in [-0.2, -0.15) is 5.10 Å². The third-order valence-corrected chi connectivity index (χ3v) is 6.87. The molecule has 0 bridgehead atoms. The van der Waals surface area contributed by atoms with Gasteiger partial charge in [-0.15, -0.1) is 10.2 Å². The Balaban J connectivity index is 1.34. The number of hydrogen-bond donors (Lipinski definition) is 1. The number of anilines is 1. The van der Waals surface area contributed by atoms with Crippen molar-refractivity contribution in [1.82, 2.24) is 29.8 Å². The Hall–Kier alpha value is -2.78. The molecule has 0 radical (unpaired) electrons. The molecule has 0 atom stereocenters. The Bertz CT molecular complexity index is 1010. The molecule has 1 aliphatic rings. The maximum atomic E-state index is 12.8. The minimum atomic E-state index is -0.267. The van der Waals surface area contributed by atoms with Crippen molar-refractivity contribution < 1.29 is 4.79 Å². The van der Waals surface area contributed by atoms with Crippen LogP contribution >= 0.6 is 11.3 Å². The van der Waals surface area contributed by atoms with Gasteiger partial charge in [-0.25, -0.2) is 4.79 Å². The summed E-state index contributed by atoms with van der Waals surface area (Å²) in [5, 5.41) is 17.2. The highest BCUT2D eigenvalue weighted by molar-refractivity contribution is 7.15. The standard InChI is InChI=1S/C22H29N7OS/c1-22(2,18-8-5-4-6-9-18)19-25-26-20(31-19)24-21(30)29-11-7-10-28(12-13-29)16-17-14-23-27(3)15-17/h4-6,8-9,14-15H,7,10-13,16H2,1-3H3,(H,24,26,30). The monoisotopic (exact) mass is 439 g/mol. The van der Waals surface area contributed by atoms with Crippen molar-refractivity contribution >= 4 is 22.5 Å². The summed E-state index contributed by atoms with van der Waals surface area (Å²) >= 11 is 1.44. The van der Waals surface area contributed by atoms with Crippen LogP contribution in [0.5, 0.6) is 0 Å². The molecule has 1 saturated heterocycles. The van der Waals surface area contributed by atoms with Gasteiger partial charge in [0.15, 0.2) is 0 Å². The average molecular weight is 440 g/mol. The molecule has 3 aromatic rings. The maximum absolute atomic E-state index is 12.8. The zero-order valence-electron chi connectivity index (χ0n) is 18.3. The fourth-order valence-corrected chi connectivity index (χ4v) is 4.68. The van der Waals surface area contributed by atoms with Gasteiger partial charge >= 0.3 is 6.03 Å². The number of carbonyl (C=O) groups excluding carboxylic acids is 1. The molecule has 1 aliphatic heterocycles. The number of aryl methyl sites for hydroxylation is 1. The van der Waals surface area contributed by atoms with Crippen LogP contribution in [0.2, 0.25) is 0 Å². The molecular formula is C22H29N7OS. The Labute approximate surface area is 186 Å². The Kier molecular flexibility index (Phi) is 6.33. The van der Waals surface area contributed by atoms with E-state index >= 15 is 0 Å². The van der Waals surface area contributed by atoms with Gasteiger partial charge in [0.2, 0.25) is 5.13 Å². The molecule has 8 nitrogen and oxygen atoms in total. The molecule has 9 heteroatoms. The predicted octanol–water partition coefficient (Wildman–Crippen LogP) is 3.34. The van der Waals surface area contributed by atoms with E-state index in [-0.39, 0.29) is 11.4 Å². The fourth-order valence-electron chi connectivity index (χ4n) is 3.82. The largest absolute Gasteiger partial charge is 0.323 e. The van der Waals surface area contributed by atoms with E-state index in [4.69, 9.17) is 0 Å². The number of amides is 2. The van der Waals surface area contributed by atoms with Crippen LogP contribution in [-0.2, 0) is 19.0 Å². The van der Waals surface area contributed by atoms with Crippen LogP contribution < -0.4 is 5.32 Å². The van der Waals surface area contributed by atoms with Crippen molar-refractivity contribution in [3.63, 3.8) is 0 Å². The summed E-state index contributed by atoms with van der Waals surface area (Å²) in [5.74, 6) is 0. The highest BCUT2D eigenvalue weighted by Crippen LogP contribution is 2.34. The Morgan fingerprint density at radius 3 is 2.68 bits per heavy atom. The van der Waals surface area contributed by atoms with Crippen molar-refractivity contribution in [3.05, 3.63) is 58.9 Å². The second kappa shape index (κ2) is 9.15. The molecule has 1 N–H and O–H groups in total. The molecule has 0 aliphatic carbocycles. The second-order valence-electron chi connectivity index (χ2n) is 8.47. The minimum absolute atomic E-state index is 0.108. The molecule has 0 saturated carbocycles. The highest BCUT2D eigenvalue weighted by atomic mass is 32.1. The molecule has 4 rings (SSSR count). The smallest absolute Gasteiger partial charge is 0.323 e. The summed E-state index contributed by atoms with van der Waals surface area (Å²) in [6.07, 6.45) is 4.88. The summed E-state index contributed by atoms with van der Waals surface area (Å²) in [4.78, 5) is 17.1. The van der Waals surface area contributed by atoms with Crippen molar-refractivity contribution in [2.75, 3.05) is 31.5 Å². The molecule has 2 amide bonds. The lowest BCUT2D eigenvalue weighted by atomic mass is 9.85. The van der Waals surface area contributed by atoms with E-state index in [9.17, 15) is 4.79 Å². The zero-order chi connectivity index (χ0) is 21.8. The van der Waals surface area contributed by atoms with Gasteiger partial charge in [0.1, 0.15) is 5.01 Å². The number of carbonyl (C=O) groups is 1. The molecule has 31 heavy (non-hydrogen) atoms. The van der Waals surface area contributed by atoms with Crippen molar-refractivity contribution in [2.24, 2.45) is 7.05 Å². The van der Waals surface area contributed by atoms with E-state index < -0.39 is 0 Å². The van der Waals surface area contributed by atoms with Crippen LogP contribution in [-0.4, -0.2) is 62.0 Å². The van der Waals surface area contributed by atoms with Gasteiger partial charge in [0, 0.05) is 56.9 Å². The molecule has 2 aromatic heterocycles. The van der Waals surface area contributed by atoms with Gasteiger partial charge in [-0.05, 0) is 25.8 Å². The highest BCUT2D eigenvalue weighted by Gasteiger charge is 2.28. The first-order valence-electron chi connectivity index (χ1n) is 10.6. The zero-order valence-corrected chi connectivity index (χ0v) is 19.1. The lowest BCUT2D eigenvalue weighted by Gasteiger charge is -2.22. The van der Waals surface area contributed by atoms with E-state index in [2.05, 4.69) is 51.5 Å². The summed E-state index contributed by atoms with van der Waals surface area (Å²) < 4.78 is 1.82. The number of benzene rings is 1. The molecule has 1 aromatic carbocycles. The molecule has 0 unspecified atom stereocenters. The van der Waals surface area contributed by atoms with E-state index in [0.29, 0.717) is 11.7 Å². The van der Waals surface area contributed by atoms with Crippen LogP contribution in [0, 0.1) is 0 Å². The lowest BCUT2D eigenvalue weighted by molar-refractivity contribution is 0.211. The minimum Gasteiger partial charge on any atom is -0.323 e. The van der Waals surface area contributed by atoms with Gasteiger partial charge < -0.3 is 4.90 Å². The topological polar surface area (TPSA) is 79.2 Å². The van der Waals surface area contributed by atoms with Crippen LogP contribution in [0.4, 0.5) is 9.93 Å². The summed E-state index contributed by atoms with van der Waals surface area (Å²) in [6.45, 7) is 8.33. The van der Waals surface area contributed by atoms with Gasteiger partial charge in [0.05, 0.1) is 6.20 Å². The molecule has 0 spiro atoms. The van der Waals surface area contributed by atoms with Crippen LogP contribution in [0.25, 0.3) is 0 Å². The number of urea groups is 1. The van der Waals surface area contributed by atoms with E-state index in [1.807, 2.05) is 47.2 Å². The quantitative estimate of drug-likeness (QED) is 0.660. The third-order valence-electron chi connectivity index (χ3n) is 5.71. The number of nitrogens with zero attached hydrogens (tertiary/aromatic N) is 6. The summed E-state index contributed by atoms with van der Waals surface area (Å²) in [6, 6.07) is 10.1. The van der Waals surface area contributed by atoms with Crippen molar-refractivity contribution in [2.45, 2.75) is 32.2 Å². The third kappa shape index (κ3) is 5.11. The number of hydrogen-bond acceptors (Lipinski definition) is 6. The number of rotatable bonds is 5. The second-order valence-corrected chi connectivity index (χ2v) is 9.45. The number of aromatic nitrogens is 4. The molecule has 3 heterocycles. The SMILES string of the molecule is Cn1cc(CN2CCCN(C(=O)Nc3nnc(C(C)(C)c4ccccc4)s3)CC2)cn1. The van der Waals surface area contributed by atoms with Crippen molar-refractivity contribution in [1.29, 1.82) is 0 Å². The Morgan fingerprint density at radius 2 is 1.94 bits per heavy atom. The van der Waals surface area contributed by atoms with Crippen molar-refractivity contribution in [3.8, 4) is 0 Å². The van der Waals surface area contributed by atoms with E-state index in [1.165, 1.54) is 22.5 Å². The van der Waals surface area contributed by atoms with Crippen LogP contribution in [0.1, 0.15) is 36.4 Å². The molecular weight excluding hydrogens is 410 g/mol.